The predicted octanol–water partition coefficient (Wildman–Crippen LogP) is 2.58. The zero-order chi connectivity index (χ0) is 22.8. The van der Waals surface area contributed by atoms with Crippen molar-refractivity contribution in [3.8, 4) is 5.88 Å². The molecule has 11 heteroatoms. The third-order valence-corrected chi connectivity index (χ3v) is 4.61. The van der Waals surface area contributed by atoms with E-state index in [9.17, 15) is 14.9 Å². The van der Waals surface area contributed by atoms with Crippen LogP contribution in [0.15, 0.2) is 0 Å². The quantitative estimate of drug-likeness (QED) is 0.154. The highest BCUT2D eigenvalue weighted by atomic mass is 32.1. The molecule has 4 atom stereocenters. The maximum Gasteiger partial charge on any atom is 0.351 e. The first-order valence-corrected chi connectivity index (χ1v) is 10.4. The molecular weight excluding hydrogens is 400 g/mol. The van der Waals surface area contributed by atoms with Gasteiger partial charge in [-0.2, -0.15) is 14.1 Å². The second-order valence-electron chi connectivity index (χ2n) is 6.68. The van der Waals surface area contributed by atoms with Crippen molar-refractivity contribution in [1.29, 1.82) is 2.77 Å². The molecule has 1 heterocycles. The maximum absolute atomic E-state index is 12.8. The summed E-state index contributed by atoms with van der Waals surface area (Å²) < 4.78 is 19.0. The highest BCUT2D eigenvalue weighted by molar-refractivity contribution is 8.20. The average Bonchev–Trinajstić information content (AvgIpc) is 2.90. The van der Waals surface area contributed by atoms with E-state index in [1.54, 1.807) is 6.92 Å². The fourth-order valence-electron chi connectivity index (χ4n) is 3.54. The Morgan fingerprint density at radius 2 is 2.21 bits per heavy atom. The van der Waals surface area contributed by atoms with Gasteiger partial charge in [0.05, 0.1) is 4.92 Å². The molecule has 1 aromatic heterocycles. The molecule has 0 aliphatic heterocycles. The predicted molar refractivity (Wildman–Crippen MR) is 116 cm³/mol. The van der Waals surface area contributed by atoms with Gasteiger partial charge >= 0.3 is 5.69 Å². The summed E-state index contributed by atoms with van der Waals surface area (Å²) in [5.41, 5.74) is -0.0807. The van der Waals surface area contributed by atoms with E-state index in [1.165, 1.54) is 6.92 Å². The molecule has 1 N–H and O–H groups in total. The SMILES string of the molecule is [2H]B(P)S.[3H]OCCC[C@H]1C[C@H](CCC)C(=O)[C@H]1Oc1nc(C)nc(C)c1[N+](=O)[O-]. The summed E-state index contributed by atoms with van der Waals surface area (Å²) >= 11 is 3.60. The first kappa shape index (κ1) is 21.5. The van der Waals surface area contributed by atoms with Crippen LogP contribution in [-0.4, -0.2) is 47.5 Å². The van der Waals surface area contributed by atoms with Crippen LogP contribution in [0.4, 0.5) is 5.69 Å². The lowest BCUT2D eigenvalue weighted by molar-refractivity contribution is -0.387. The Morgan fingerprint density at radius 1 is 1.54 bits per heavy atom. The number of aliphatic hydroxyl groups excluding tert-OH is 1. The van der Waals surface area contributed by atoms with Gasteiger partial charge in [0, 0.05) is 18.4 Å². The lowest BCUT2D eigenvalue weighted by Gasteiger charge is -2.19. The van der Waals surface area contributed by atoms with E-state index in [-0.39, 0.29) is 47.7 Å². The number of ketones is 1. The van der Waals surface area contributed by atoms with Crippen molar-refractivity contribution < 1.29 is 19.6 Å². The van der Waals surface area contributed by atoms with Gasteiger partial charge in [0.15, 0.2) is 11.9 Å². The van der Waals surface area contributed by atoms with Crippen LogP contribution in [0.3, 0.4) is 0 Å². The third-order valence-electron chi connectivity index (χ3n) is 4.61. The number of hydrogen-bond acceptors (Lipinski definition) is 8. The Balaban J connectivity index is 0.00000103. The smallest absolute Gasteiger partial charge is 0.351 e. The number of carbonyl (C=O) groups is 1. The van der Waals surface area contributed by atoms with Crippen LogP contribution in [0, 0.1) is 35.8 Å². The molecule has 0 saturated heterocycles. The highest BCUT2D eigenvalue weighted by Crippen LogP contribution is 2.38. The molecule has 0 bridgehead atoms. The minimum Gasteiger partial charge on any atom is -0.461 e. The lowest BCUT2D eigenvalue weighted by atomic mass is 9.97. The molecular formula is C17H29BN3O5PS. The zero-order valence-electron chi connectivity index (χ0n) is 18.5. The number of aliphatic hydroxyl groups is 1. The van der Waals surface area contributed by atoms with Gasteiger partial charge in [0.1, 0.15) is 11.5 Å². The number of hydrogen-bond donors (Lipinski definition) is 2. The van der Waals surface area contributed by atoms with Gasteiger partial charge in [-0.1, -0.05) is 13.3 Å². The topological polar surface area (TPSA) is 115 Å². The fraction of sp³-hybridized carbons (Fsp3) is 0.706. The van der Waals surface area contributed by atoms with Gasteiger partial charge in [-0.15, -0.1) is 0 Å². The Hall–Kier alpha value is -1.25. The van der Waals surface area contributed by atoms with E-state index in [2.05, 4.69) is 36.7 Å². The summed E-state index contributed by atoms with van der Waals surface area (Å²) in [7, 11) is 2.19. The summed E-state index contributed by atoms with van der Waals surface area (Å²) in [5, 5.41) is 15.7. The van der Waals surface area contributed by atoms with Crippen molar-refractivity contribution in [2.75, 3.05) is 6.61 Å². The van der Waals surface area contributed by atoms with Crippen LogP contribution >= 0.6 is 21.6 Å². The van der Waals surface area contributed by atoms with Gasteiger partial charge in [0.2, 0.25) is 7.67 Å². The molecule has 8 nitrogen and oxygen atoms in total. The van der Waals surface area contributed by atoms with E-state index in [0.29, 0.717) is 25.1 Å². The molecule has 0 radical (unpaired) electrons. The van der Waals surface area contributed by atoms with Crippen LogP contribution < -0.4 is 4.74 Å². The lowest BCUT2D eigenvalue weighted by Crippen LogP contribution is -2.31. The van der Waals surface area contributed by atoms with E-state index in [4.69, 9.17) is 7.50 Å². The zero-order valence-corrected chi connectivity index (χ0v) is 18.5. The first-order chi connectivity index (χ1) is 14.1. The summed E-state index contributed by atoms with van der Waals surface area (Å²) in [6.45, 7) is 5.45. The molecule has 1 unspecified atom stereocenters. The van der Waals surface area contributed by atoms with Crippen LogP contribution in [-0.2, 0) is 4.79 Å². The highest BCUT2D eigenvalue weighted by Gasteiger charge is 2.44. The second kappa shape index (κ2) is 12.3. The standard InChI is InChI=1S/C17H25N3O5.BH4PS/c1-4-6-12-9-13(7-5-8-21)16(15(12)22)25-17-14(20(23)24)10(2)18-11(3)19-17;2-1-3/h12-13,16,21H,4-9H2,1-3H3;1,3H,2H2/t12-,13-,16-;/m0./s1/i21T;1D. The molecule has 1 aromatic rings. The number of nitro groups is 1. The van der Waals surface area contributed by atoms with Crippen LogP contribution in [0.1, 0.15) is 50.5 Å². The normalized spacial score (nSPS) is 22.0. The molecule has 28 heavy (non-hydrogen) atoms. The summed E-state index contributed by atoms with van der Waals surface area (Å²) in [5.74, 6) is 0.0290. The van der Waals surface area contributed by atoms with Crippen molar-refractivity contribution in [3.05, 3.63) is 21.6 Å². The maximum atomic E-state index is 12.8. The third kappa shape index (κ3) is 6.67. The van der Waals surface area contributed by atoms with E-state index < -0.39 is 11.0 Å². The molecule has 0 spiro atoms. The van der Waals surface area contributed by atoms with Crippen molar-refractivity contribution >= 4 is 39.3 Å². The number of thiol groups is 1. The molecule has 1 aliphatic carbocycles. The van der Waals surface area contributed by atoms with Crippen molar-refractivity contribution in [3.63, 3.8) is 0 Å². The van der Waals surface area contributed by atoms with Crippen LogP contribution in [0.2, 0.25) is 0 Å². The largest absolute Gasteiger partial charge is 0.461 e. The van der Waals surface area contributed by atoms with Gasteiger partial charge in [0.25, 0.3) is 5.88 Å². The minimum absolute atomic E-state index is 0.0214. The number of carbonyl (C=O) groups excluding carboxylic acids is 1. The molecule has 2 rings (SSSR count). The monoisotopic (exact) mass is 432 g/mol. The Labute approximate surface area is 177 Å². The van der Waals surface area contributed by atoms with Gasteiger partial charge < -0.3 is 9.85 Å². The molecule has 0 amide bonds. The van der Waals surface area contributed by atoms with Crippen molar-refractivity contribution in [2.45, 2.75) is 59.0 Å². The summed E-state index contributed by atoms with van der Waals surface area (Å²) in [6, 6.07) is 0. The number of rotatable bonds is 9. The Kier molecular flexibility index (Phi) is 9.46. The molecule has 1 fully saturated rings. The summed E-state index contributed by atoms with van der Waals surface area (Å²) in [4.78, 5) is 31.7. The number of aromatic nitrogens is 2. The number of aryl methyl sites for hydroxylation is 2. The Morgan fingerprint density at radius 3 is 2.79 bits per heavy atom. The number of nitrogens with zero attached hydrogens (tertiary/aromatic N) is 3. The average molecular weight is 432 g/mol. The van der Waals surface area contributed by atoms with Gasteiger partial charge in [-0.05, 0) is 40.9 Å². The van der Waals surface area contributed by atoms with E-state index >= 15 is 0 Å². The first-order valence-electron chi connectivity index (χ1n) is 10.2. The molecule has 1 aliphatic rings. The van der Waals surface area contributed by atoms with Crippen LogP contribution in [0.25, 0.3) is 0 Å². The van der Waals surface area contributed by atoms with Crippen LogP contribution in [0.5, 0.6) is 5.88 Å². The van der Waals surface area contributed by atoms with E-state index in [1.807, 2.05) is 6.92 Å². The molecule has 1 saturated carbocycles. The Bertz CT molecular complexity index is 732. The second-order valence-corrected chi connectivity index (χ2v) is 7.88. The van der Waals surface area contributed by atoms with E-state index in [0.717, 1.165) is 12.8 Å². The number of Topliss-reactive ketones (excluding diaryl/α,β-unsaturated/α-hetero) is 1. The molecule has 0 aromatic carbocycles. The fourth-order valence-corrected chi connectivity index (χ4v) is 3.54. The van der Waals surface area contributed by atoms with Crippen molar-refractivity contribution in [2.24, 2.45) is 11.8 Å². The van der Waals surface area contributed by atoms with Crippen molar-refractivity contribution in [1.82, 2.24) is 9.97 Å². The van der Waals surface area contributed by atoms with Gasteiger partial charge in [-0.25, -0.2) is 17.5 Å². The minimum atomic E-state index is -0.760. The van der Waals surface area contributed by atoms with Gasteiger partial charge in [-0.3, -0.25) is 14.9 Å². The molecule has 156 valence electrons. The summed E-state index contributed by atoms with van der Waals surface area (Å²) in [6.07, 6.45) is 2.57. The number of ether oxygens (including phenoxy) is 1.